The van der Waals surface area contributed by atoms with Crippen LogP contribution in [0.1, 0.15) is 25.3 Å². The Morgan fingerprint density at radius 2 is 2.15 bits per heavy atom. The van der Waals surface area contributed by atoms with Crippen molar-refractivity contribution in [1.29, 1.82) is 0 Å². The molecule has 1 saturated heterocycles. The van der Waals surface area contributed by atoms with Gasteiger partial charge < -0.3 is 4.74 Å². The van der Waals surface area contributed by atoms with Crippen LogP contribution < -0.4 is 11.3 Å². The summed E-state index contributed by atoms with van der Waals surface area (Å²) in [6.07, 6.45) is 1.38. The minimum Gasteiger partial charge on any atom is -0.364 e. The molecule has 0 bridgehead atoms. The molecule has 1 aromatic rings. The summed E-state index contributed by atoms with van der Waals surface area (Å²) in [5.74, 6) is 4.91. The fourth-order valence-electron chi connectivity index (χ4n) is 2.56. The SMILES string of the molecule is CCN(Cc1ccccc1)CC1CCC(C(=O)NN)O1. The van der Waals surface area contributed by atoms with Gasteiger partial charge in [-0.15, -0.1) is 0 Å². The first-order valence-electron chi connectivity index (χ1n) is 7.15. The monoisotopic (exact) mass is 277 g/mol. The summed E-state index contributed by atoms with van der Waals surface area (Å²) >= 11 is 0. The number of carbonyl (C=O) groups excluding carboxylic acids is 1. The number of nitrogens with one attached hydrogen (secondary N) is 1. The number of ether oxygens (including phenoxy) is 1. The molecule has 1 heterocycles. The minimum atomic E-state index is -0.388. The van der Waals surface area contributed by atoms with E-state index in [1.807, 2.05) is 6.07 Å². The van der Waals surface area contributed by atoms with Gasteiger partial charge >= 0.3 is 0 Å². The van der Waals surface area contributed by atoms with Crippen molar-refractivity contribution in [2.24, 2.45) is 5.84 Å². The Balaban J connectivity index is 1.84. The average molecular weight is 277 g/mol. The second kappa shape index (κ2) is 7.38. The molecule has 1 aromatic carbocycles. The second-order valence-electron chi connectivity index (χ2n) is 5.15. The fraction of sp³-hybridized carbons (Fsp3) is 0.533. The van der Waals surface area contributed by atoms with E-state index < -0.39 is 0 Å². The Hall–Kier alpha value is -1.43. The van der Waals surface area contributed by atoms with Crippen LogP contribution in [0.15, 0.2) is 30.3 Å². The first kappa shape index (κ1) is 15.0. The lowest BCUT2D eigenvalue weighted by molar-refractivity contribution is -0.132. The van der Waals surface area contributed by atoms with Crippen LogP contribution in [0.4, 0.5) is 0 Å². The number of amides is 1. The lowest BCUT2D eigenvalue weighted by Gasteiger charge is -2.24. The summed E-state index contributed by atoms with van der Waals surface area (Å²) in [7, 11) is 0. The highest BCUT2D eigenvalue weighted by Gasteiger charge is 2.31. The zero-order chi connectivity index (χ0) is 14.4. The molecule has 1 aliphatic heterocycles. The van der Waals surface area contributed by atoms with Gasteiger partial charge in [-0.25, -0.2) is 5.84 Å². The van der Waals surface area contributed by atoms with Crippen LogP contribution in [-0.4, -0.2) is 36.1 Å². The molecule has 110 valence electrons. The standard InChI is InChI=1S/C15H23N3O2/c1-2-18(10-12-6-4-3-5-7-12)11-13-8-9-14(20-13)15(19)17-16/h3-7,13-14H,2,8-11,16H2,1H3,(H,17,19). The molecule has 1 fully saturated rings. The Morgan fingerprint density at radius 3 is 2.80 bits per heavy atom. The molecule has 1 amide bonds. The first-order chi connectivity index (χ1) is 9.72. The molecule has 0 saturated carbocycles. The van der Waals surface area contributed by atoms with Crippen LogP contribution in [0.5, 0.6) is 0 Å². The summed E-state index contributed by atoms with van der Waals surface area (Å²) in [5, 5.41) is 0. The van der Waals surface area contributed by atoms with Gasteiger partial charge in [0.05, 0.1) is 6.10 Å². The van der Waals surface area contributed by atoms with Crippen LogP contribution >= 0.6 is 0 Å². The molecule has 20 heavy (non-hydrogen) atoms. The van der Waals surface area contributed by atoms with E-state index in [4.69, 9.17) is 10.6 Å². The quantitative estimate of drug-likeness (QED) is 0.463. The lowest BCUT2D eigenvalue weighted by atomic mass is 10.1. The van der Waals surface area contributed by atoms with Crippen LogP contribution in [0, 0.1) is 0 Å². The Morgan fingerprint density at radius 1 is 1.40 bits per heavy atom. The summed E-state index contributed by atoms with van der Waals surface area (Å²) < 4.78 is 5.75. The lowest BCUT2D eigenvalue weighted by Crippen LogP contribution is -2.40. The van der Waals surface area contributed by atoms with Crippen molar-refractivity contribution in [3.05, 3.63) is 35.9 Å². The van der Waals surface area contributed by atoms with E-state index in [1.54, 1.807) is 0 Å². The van der Waals surface area contributed by atoms with Gasteiger partial charge in [0.25, 0.3) is 5.91 Å². The zero-order valence-electron chi connectivity index (χ0n) is 11.9. The molecule has 0 aromatic heterocycles. The van der Waals surface area contributed by atoms with E-state index in [-0.39, 0.29) is 18.1 Å². The molecule has 2 rings (SSSR count). The number of hydrogen-bond donors (Lipinski definition) is 2. The van der Waals surface area contributed by atoms with Gasteiger partial charge in [-0.05, 0) is 24.9 Å². The number of nitrogens with zero attached hydrogens (tertiary/aromatic N) is 1. The van der Waals surface area contributed by atoms with E-state index in [0.29, 0.717) is 0 Å². The number of benzene rings is 1. The van der Waals surface area contributed by atoms with Gasteiger partial charge in [0.2, 0.25) is 0 Å². The second-order valence-corrected chi connectivity index (χ2v) is 5.15. The summed E-state index contributed by atoms with van der Waals surface area (Å²) in [4.78, 5) is 13.8. The Labute approximate surface area is 120 Å². The maximum atomic E-state index is 11.4. The van der Waals surface area contributed by atoms with E-state index >= 15 is 0 Å². The molecule has 0 radical (unpaired) electrons. The predicted octanol–water partition coefficient (Wildman–Crippen LogP) is 1.05. The normalized spacial score (nSPS) is 22.1. The van der Waals surface area contributed by atoms with Gasteiger partial charge in [-0.2, -0.15) is 0 Å². The maximum absolute atomic E-state index is 11.4. The highest BCUT2D eigenvalue weighted by atomic mass is 16.5. The number of carbonyl (C=O) groups is 1. The number of rotatable bonds is 6. The number of hydrogen-bond acceptors (Lipinski definition) is 4. The van der Waals surface area contributed by atoms with Gasteiger partial charge in [0.1, 0.15) is 6.10 Å². The maximum Gasteiger partial charge on any atom is 0.263 e. The number of hydrazine groups is 1. The van der Waals surface area contributed by atoms with E-state index in [0.717, 1.165) is 32.5 Å². The molecule has 0 aliphatic carbocycles. The molecule has 1 aliphatic rings. The molecule has 2 unspecified atom stereocenters. The van der Waals surface area contributed by atoms with Crippen molar-refractivity contribution in [2.75, 3.05) is 13.1 Å². The third-order valence-corrected chi connectivity index (χ3v) is 3.70. The van der Waals surface area contributed by atoms with Crippen LogP contribution in [0.25, 0.3) is 0 Å². The first-order valence-corrected chi connectivity index (χ1v) is 7.15. The van der Waals surface area contributed by atoms with Gasteiger partial charge in [-0.1, -0.05) is 37.3 Å². The fourth-order valence-corrected chi connectivity index (χ4v) is 2.56. The van der Waals surface area contributed by atoms with E-state index in [1.165, 1.54) is 5.56 Å². The summed E-state index contributed by atoms with van der Waals surface area (Å²) in [6.45, 7) is 4.86. The highest BCUT2D eigenvalue weighted by Crippen LogP contribution is 2.21. The van der Waals surface area contributed by atoms with Crippen LogP contribution in [0.2, 0.25) is 0 Å². The van der Waals surface area contributed by atoms with Gasteiger partial charge in [0, 0.05) is 13.1 Å². The van der Waals surface area contributed by atoms with Crippen molar-refractivity contribution in [2.45, 2.75) is 38.5 Å². The minimum absolute atomic E-state index is 0.112. The number of likely N-dealkylation sites (N-methyl/N-ethyl adjacent to an activating group) is 1. The molecular weight excluding hydrogens is 254 g/mol. The molecule has 5 nitrogen and oxygen atoms in total. The van der Waals surface area contributed by atoms with E-state index in [2.05, 4.69) is 41.5 Å². The smallest absolute Gasteiger partial charge is 0.263 e. The average Bonchev–Trinajstić information content (AvgIpc) is 2.95. The Kier molecular flexibility index (Phi) is 5.52. The van der Waals surface area contributed by atoms with Crippen molar-refractivity contribution in [3.63, 3.8) is 0 Å². The van der Waals surface area contributed by atoms with Crippen LogP contribution in [-0.2, 0) is 16.1 Å². The number of nitrogens with two attached hydrogens (primary N) is 1. The van der Waals surface area contributed by atoms with Crippen molar-refractivity contribution in [3.8, 4) is 0 Å². The Bertz CT molecular complexity index is 424. The van der Waals surface area contributed by atoms with Gasteiger partial charge in [-0.3, -0.25) is 15.1 Å². The third-order valence-electron chi connectivity index (χ3n) is 3.70. The van der Waals surface area contributed by atoms with Crippen molar-refractivity contribution >= 4 is 5.91 Å². The molecular formula is C15H23N3O2. The zero-order valence-corrected chi connectivity index (χ0v) is 11.9. The third kappa shape index (κ3) is 4.03. The van der Waals surface area contributed by atoms with Crippen LogP contribution in [0.3, 0.4) is 0 Å². The van der Waals surface area contributed by atoms with Gasteiger partial charge in [0.15, 0.2) is 0 Å². The molecule has 2 atom stereocenters. The predicted molar refractivity (Wildman–Crippen MR) is 77.6 cm³/mol. The summed E-state index contributed by atoms with van der Waals surface area (Å²) in [5.41, 5.74) is 3.45. The van der Waals surface area contributed by atoms with Crippen molar-refractivity contribution < 1.29 is 9.53 Å². The molecule has 5 heteroatoms. The largest absolute Gasteiger partial charge is 0.364 e. The van der Waals surface area contributed by atoms with Crippen molar-refractivity contribution in [1.82, 2.24) is 10.3 Å². The molecule has 0 spiro atoms. The summed E-state index contributed by atoms with van der Waals surface area (Å²) in [6, 6.07) is 10.4. The molecule has 3 N–H and O–H groups in total. The topological polar surface area (TPSA) is 67.6 Å². The van der Waals surface area contributed by atoms with E-state index in [9.17, 15) is 4.79 Å². The highest BCUT2D eigenvalue weighted by molar-refractivity contribution is 5.80.